The molecule has 1 rings (SSSR count). The predicted molar refractivity (Wildman–Crippen MR) is 32.5 cm³/mol. The summed E-state index contributed by atoms with van der Waals surface area (Å²) in [4.78, 5) is 10.5. The maximum atomic E-state index is 10.5. The Kier molecular flexibility index (Phi) is 3.64. The monoisotopic (exact) mass is 210 g/mol. The van der Waals surface area contributed by atoms with Gasteiger partial charge in [0.25, 0.3) is 0 Å². The number of rotatable bonds is 1. The van der Waals surface area contributed by atoms with E-state index in [-0.39, 0.29) is 31.2 Å². The van der Waals surface area contributed by atoms with E-state index in [2.05, 4.69) is 0 Å². The Bertz CT molecular complexity index is 146. The zero-order chi connectivity index (χ0) is 5.98. The number of ketones is 1. The van der Waals surface area contributed by atoms with Crippen LogP contribution in [-0.2, 0) is 24.3 Å². The van der Waals surface area contributed by atoms with E-state index < -0.39 is 0 Å². The molecule has 0 heterocycles. The second-order valence-electron chi connectivity index (χ2n) is 1.91. The van der Waals surface area contributed by atoms with Crippen molar-refractivity contribution in [3.8, 4) is 0 Å². The topological polar surface area (TPSA) is 17.1 Å². The number of hydrogen-bond acceptors (Lipinski definition) is 1. The minimum atomic E-state index is 0. The number of Topliss-reactive ketones (excluding diaryl/α,β-unsaturated/α-hetero) is 1. The van der Waals surface area contributed by atoms with Crippen LogP contribution < -0.4 is 0 Å². The van der Waals surface area contributed by atoms with E-state index >= 15 is 0 Å². The summed E-state index contributed by atoms with van der Waals surface area (Å²) in [5.41, 5.74) is 0. The number of allylic oxidation sites excluding steroid dienone is 4. The molecule has 0 saturated heterocycles. The molecule has 48 valence electrons. The van der Waals surface area contributed by atoms with Crippen LogP contribution in [0.3, 0.4) is 0 Å². The molecular weight excluding hydrogens is 201 g/mol. The van der Waals surface area contributed by atoms with Crippen molar-refractivity contribution in [2.45, 2.75) is 6.92 Å². The molecule has 0 aromatic heterocycles. The van der Waals surface area contributed by atoms with Gasteiger partial charge in [0, 0.05) is 0 Å². The van der Waals surface area contributed by atoms with Crippen LogP contribution in [0.1, 0.15) is 6.92 Å². The molecule has 2 heteroatoms. The first-order chi connectivity index (χ1) is 3.80. The first kappa shape index (κ1) is 8.77. The van der Waals surface area contributed by atoms with Crippen LogP contribution in [0.15, 0.2) is 24.3 Å². The van der Waals surface area contributed by atoms with Gasteiger partial charge in [-0.25, -0.2) is 0 Å². The second-order valence-corrected chi connectivity index (χ2v) is 1.91. The average Bonchev–Trinajstić information content (AvgIpc) is 2.12. The van der Waals surface area contributed by atoms with Crippen LogP contribution in [0.25, 0.3) is 0 Å². The van der Waals surface area contributed by atoms with E-state index in [0.717, 1.165) is 0 Å². The Morgan fingerprint density at radius 3 is 2.00 bits per heavy atom. The van der Waals surface area contributed by atoms with Gasteiger partial charge in [-0.3, -0.25) is 4.79 Å². The van der Waals surface area contributed by atoms with Crippen molar-refractivity contribution in [2.75, 3.05) is 0 Å². The molecule has 0 spiro atoms. The molecule has 0 radical (unpaired) electrons. The summed E-state index contributed by atoms with van der Waals surface area (Å²) in [6, 6.07) is 0. The molecule has 0 aromatic carbocycles. The molecule has 9 heavy (non-hydrogen) atoms. The standard InChI is InChI=1S/C7H8O.Ru/c1-6(8)7-4-2-3-5-7;/h2-5,7H,1H3;/q;+2. The van der Waals surface area contributed by atoms with E-state index in [4.69, 9.17) is 0 Å². The summed E-state index contributed by atoms with van der Waals surface area (Å²) in [7, 11) is 0. The van der Waals surface area contributed by atoms with E-state index in [1.165, 1.54) is 0 Å². The summed E-state index contributed by atoms with van der Waals surface area (Å²) in [5, 5.41) is 0. The number of carbonyl (C=O) groups excluding carboxylic acids is 1. The van der Waals surface area contributed by atoms with E-state index in [1.54, 1.807) is 6.92 Å². The molecule has 1 aliphatic rings. The molecule has 0 fully saturated rings. The van der Waals surface area contributed by atoms with Crippen molar-refractivity contribution in [1.82, 2.24) is 0 Å². The fraction of sp³-hybridized carbons (Fsp3) is 0.286. The van der Waals surface area contributed by atoms with Gasteiger partial charge in [0.2, 0.25) is 0 Å². The van der Waals surface area contributed by atoms with Gasteiger partial charge in [0.05, 0.1) is 5.92 Å². The van der Waals surface area contributed by atoms with Crippen LogP contribution in [0, 0.1) is 5.92 Å². The first-order valence-electron chi connectivity index (χ1n) is 2.66. The largest absolute Gasteiger partial charge is 2.00 e. The molecule has 0 amide bonds. The molecule has 0 aliphatic heterocycles. The summed E-state index contributed by atoms with van der Waals surface area (Å²) in [6.45, 7) is 1.60. The molecule has 0 atom stereocenters. The van der Waals surface area contributed by atoms with Crippen molar-refractivity contribution in [3.05, 3.63) is 24.3 Å². The Balaban J connectivity index is 0.000000640. The van der Waals surface area contributed by atoms with Gasteiger partial charge in [-0.15, -0.1) is 0 Å². The van der Waals surface area contributed by atoms with Gasteiger partial charge in [-0.1, -0.05) is 24.3 Å². The molecule has 0 saturated carbocycles. The van der Waals surface area contributed by atoms with Crippen molar-refractivity contribution in [2.24, 2.45) is 5.92 Å². The Labute approximate surface area is 67.6 Å². The zero-order valence-corrected chi connectivity index (χ0v) is 6.89. The maximum absolute atomic E-state index is 10.5. The van der Waals surface area contributed by atoms with Crippen LogP contribution in [0.4, 0.5) is 0 Å². The molecule has 1 aliphatic carbocycles. The second kappa shape index (κ2) is 3.73. The third-order valence-electron chi connectivity index (χ3n) is 1.22. The van der Waals surface area contributed by atoms with E-state index in [1.807, 2.05) is 24.3 Å². The molecule has 0 unspecified atom stereocenters. The quantitative estimate of drug-likeness (QED) is 0.595. The predicted octanol–water partition coefficient (Wildman–Crippen LogP) is 1.32. The first-order valence-corrected chi connectivity index (χ1v) is 2.66. The summed E-state index contributed by atoms with van der Waals surface area (Å²) < 4.78 is 0. The third kappa shape index (κ3) is 2.23. The van der Waals surface area contributed by atoms with Gasteiger partial charge in [0.15, 0.2) is 0 Å². The van der Waals surface area contributed by atoms with Crippen LogP contribution >= 0.6 is 0 Å². The minimum absolute atomic E-state index is 0. The smallest absolute Gasteiger partial charge is 0.299 e. The summed E-state index contributed by atoms with van der Waals surface area (Å²) in [6.07, 6.45) is 7.57. The van der Waals surface area contributed by atoms with Gasteiger partial charge < -0.3 is 0 Å². The average molecular weight is 209 g/mol. The SMILES string of the molecule is CC(=O)C1C=CC=C1.[Ru+2]. The fourth-order valence-electron chi connectivity index (χ4n) is 0.703. The number of carbonyl (C=O) groups is 1. The third-order valence-corrected chi connectivity index (χ3v) is 1.22. The fourth-order valence-corrected chi connectivity index (χ4v) is 0.703. The van der Waals surface area contributed by atoms with Crippen molar-refractivity contribution < 1.29 is 24.3 Å². The normalized spacial score (nSPS) is 15.7. The minimum Gasteiger partial charge on any atom is -0.299 e. The van der Waals surface area contributed by atoms with Gasteiger partial charge in [-0.05, 0) is 6.92 Å². The van der Waals surface area contributed by atoms with Gasteiger partial charge in [0.1, 0.15) is 5.78 Å². The van der Waals surface area contributed by atoms with Crippen molar-refractivity contribution >= 4 is 5.78 Å². The van der Waals surface area contributed by atoms with Crippen molar-refractivity contribution in [3.63, 3.8) is 0 Å². The molecule has 0 bridgehead atoms. The maximum Gasteiger partial charge on any atom is 2.00 e. The van der Waals surface area contributed by atoms with Crippen LogP contribution in [-0.4, -0.2) is 5.78 Å². The van der Waals surface area contributed by atoms with E-state index in [9.17, 15) is 4.79 Å². The Morgan fingerprint density at radius 1 is 1.33 bits per heavy atom. The van der Waals surface area contributed by atoms with Crippen LogP contribution in [0.2, 0.25) is 0 Å². The zero-order valence-electron chi connectivity index (χ0n) is 5.15. The Hall–Kier alpha value is -0.227. The van der Waals surface area contributed by atoms with Gasteiger partial charge >= 0.3 is 19.5 Å². The number of hydrogen-bond donors (Lipinski definition) is 0. The summed E-state index contributed by atoms with van der Waals surface area (Å²) in [5.74, 6) is 0.282. The van der Waals surface area contributed by atoms with Crippen LogP contribution in [0.5, 0.6) is 0 Å². The van der Waals surface area contributed by atoms with E-state index in [0.29, 0.717) is 0 Å². The molecular formula is C7H8ORu+2. The van der Waals surface area contributed by atoms with Gasteiger partial charge in [-0.2, -0.15) is 0 Å². The molecule has 1 nitrogen and oxygen atoms in total. The molecule has 0 N–H and O–H groups in total. The Morgan fingerprint density at radius 2 is 1.78 bits per heavy atom. The molecule has 0 aromatic rings. The summed E-state index contributed by atoms with van der Waals surface area (Å²) >= 11 is 0. The van der Waals surface area contributed by atoms with Crippen molar-refractivity contribution in [1.29, 1.82) is 0 Å².